The second kappa shape index (κ2) is 8.14. The second-order valence-electron chi connectivity index (χ2n) is 7.35. The zero-order chi connectivity index (χ0) is 19.5. The van der Waals surface area contributed by atoms with Crippen molar-refractivity contribution >= 4 is 18.1 Å². The molecule has 28 heavy (non-hydrogen) atoms. The Bertz CT molecular complexity index is 847. The Hall–Kier alpha value is -2.67. The minimum atomic E-state index is -0.300. The molecule has 3 aliphatic heterocycles. The summed E-state index contributed by atoms with van der Waals surface area (Å²) in [5.41, 5.74) is 1.19. The molecule has 0 saturated carbocycles. The summed E-state index contributed by atoms with van der Waals surface area (Å²) in [6, 6.07) is 4.95. The van der Waals surface area contributed by atoms with Gasteiger partial charge in [0, 0.05) is 37.1 Å². The molecule has 0 aliphatic carbocycles. The molecule has 0 amide bonds. The molecule has 1 aromatic carbocycles. The quantitative estimate of drug-likeness (QED) is 0.757. The second-order valence-corrected chi connectivity index (χ2v) is 7.35. The molecule has 4 rings (SSSR count). The lowest BCUT2D eigenvalue weighted by Crippen LogP contribution is -2.37. The highest BCUT2D eigenvalue weighted by Crippen LogP contribution is 2.29. The number of allylic oxidation sites excluding steroid dienone is 1. The Balaban J connectivity index is 1.79. The highest BCUT2D eigenvalue weighted by Gasteiger charge is 2.22. The number of benzene rings is 1. The molecule has 2 atom stereocenters. The Morgan fingerprint density at radius 3 is 3.07 bits per heavy atom. The number of nitrogens with one attached hydrogen (secondary N) is 1. The molecule has 1 saturated heterocycles. The maximum Gasteiger partial charge on any atom is 0.136 e. The summed E-state index contributed by atoms with van der Waals surface area (Å²) in [5.74, 6) is 1.77. The van der Waals surface area contributed by atoms with Gasteiger partial charge in [-0.1, -0.05) is 0 Å². The van der Waals surface area contributed by atoms with Crippen molar-refractivity contribution in [3.63, 3.8) is 0 Å². The van der Waals surface area contributed by atoms with Gasteiger partial charge in [-0.05, 0) is 57.0 Å². The fraction of sp³-hybridized carbons (Fsp3) is 0.429. The number of ether oxygens (including phenoxy) is 1. The predicted molar refractivity (Wildman–Crippen MR) is 110 cm³/mol. The molecule has 6 bridgehead atoms. The van der Waals surface area contributed by atoms with E-state index in [1.165, 1.54) is 6.07 Å². The Kier molecular flexibility index (Phi) is 5.43. The fourth-order valence-corrected chi connectivity index (χ4v) is 3.89. The number of hydrazone groups is 1. The third-order valence-corrected chi connectivity index (χ3v) is 5.41. The third kappa shape index (κ3) is 3.94. The van der Waals surface area contributed by atoms with Crippen LogP contribution in [0.1, 0.15) is 31.7 Å². The molecule has 148 valence electrons. The van der Waals surface area contributed by atoms with E-state index in [-0.39, 0.29) is 11.9 Å². The number of aliphatic imine (C=N–C) groups is 1. The smallest absolute Gasteiger partial charge is 0.136 e. The topological polar surface area (TPSA) is 52.5 Å². The van der Waals surface area contributed by atoms with Gasteiger partial charge in [0.05, 0.1) is 6.54 Å². The van der Waals surface area contributed by atoms with Gasteiger partial charge in [0.2, 0.25) is 0 Å². The van der Waals surface area contributed by atoms with Crippen LogP contribution in [0.5, 0.6) is 5.75 Å². The van der Waals surface area contributed by atoms with Gasteiger partial charge in [0.15, 0.2) is 0 Å². The molecule has 0 radical (unpaired) electrons. The first kappa shape index (κ1) is 18.7. The van der Waals surface area contributed by atoms with Gasteiger partial charge >= 0.3 is 0 Å². The van der Waals surface area contributed by atoms with Gasteiger partial charge in [0.25, 0.3) is 0 Å². The first-order valence-electron chi connectivity index (χ1n) is 9.79. The van der Waals surface area contributed by atoms with Gasteiger partial charge < -0.3 is 10.1 Å². The molecular formula is C21H26FN5O. The van der Waals surface area contributed by atoms with Gasteiger partial charge in [0.1, 0.15) is 29.3 Å². The van der Waals surface area contributed by atoms with E-state index in [2.05, 4.69) is 27.0 Å². The van der Waals surface area contributed by atoms with Crippen LogP contribution in [-0.2, 0) is 0 Å². The van der Waals surface area contributed by atoms with Gasteiger partial charge in [-0.3, -0.25) is 9.89 Å². The number of hydrogen-bond acceptors (Lipinski definition) is 6. The zero-order valence-corrected chi connectivity index (χ0v) is 16.2. The van der Waals surface area contributed by atoms with E-state index >= 15 is 0 Å². The first-order chi connectivity index (χ1) is 13.6. The highest BCUT2D eigenvalue weighted by atomic mass is 19.1. The summed E-state index contributed by atoms with van der Waals surface area (Å²) in [4.78, 5) is 7.09. The summed E-state index contributed by atoms with van der Waals surface area (Å²) < 4.78 is 20.9. The van der Waals surface area contributed by atoms with E-state index in [0.717, 1.165) is 44.7 Å². The number of hydrogen-bond donors (Lipinski definition) is 1. The van der Waals surface area contributed by atoms with E-state index in [1.54, 1.807) is 23.3 Å². The number of amidine groups is 1. The van der Waals surface area contributed by atoms with E-state index < -0.39 is 0 Å². The van der Waals surface area contributed by atoms with Crippen molar-refractivity contribution in [3.8, 4) is 5.75 Å². The standard InChI is InChI=1S/C21H26FN5O/c1-15-18-13-16(6-7-19(18)22)28-17-5-3-4-10-26(14-17)12-9-24-20-8-11-27(23-2)21(15)25-20/h6-8,11,13,17H,2-5,9-10,12,14H2,1H3,(H,24,25)/b21-15+. The van der Waals surface area contributed by atoms with Gasteiger partial charge in [-0.25, -0.2) is 9.40 Å². The molecule has 3 aliphatic rings. The molecule has 2 unspecified atom stereocenters. The van der Waals surface area contributed by atoms with Crippen LogP contribution in [0.3, 0.4) is 0 Å². The lowest BCUT2D eigenvalue weighted by Gasteiger charge is -2.28. The van der Waals surface area contributed by atoms with Crippen molar-refractivity contribution in [2.75, 3.05) is 26.2 Å². The molecule has 6 nitrogen and oxygen atoms in total. The van der Waals surface area contributed by atoms with Crippen LogP contribution in [0, 0.1) is 5.82 Å². The lowest BCUT2D eigenvalue weighted by atomic mass is 10.1. The van der Waals surface area contributed by atoms with Crippen LogP contribution in [0.25, 0.3) is 5.57 Å². The molecule has 1 fully saturated rings. The van der Waals surface area contributed by atoms with Crippen molar-refractivity contribution in [2.45, 2.75) is 32.3 Å². The monoisotopic (exact) mass is 383 g/mol. The summed E-state index contributed by atoms with van der Waals surface area (Å²) in [7, 11) is 0. The number of nitrogens with zero attached hydrogens (tertiary/aromatic N) is 4. The fourth-order valence-electron chi connectivity index (χ4n) is 3.89. The SMILES string of the molecule is C=NN1C=CC2=NCCN3CCCCC(C3)Oc3ccc(F)c(c3)/C(C)=C/1N2. The van der Waals surface area contributed by atoms with E-state index in [0.29, 0.717) is 29.3 Å². The number of halogens is 1. The Labute approximate surface area is 165 Å². The normalized spacial score (nSPS) is 27.6. The highest BCUT2D eigenvalue weighted by molar-refractivity contribution is 5.96. The summed E-state index contributed by atoms with van der Waals surface area (Å²) >= 11 is 0. The summed E-state index contributed by atoms with van der Waals surface area (Å²) in [5, 5.41) is 8.87. The third-order valence-electron chi connectivity index (χ3n) is 5.41. The molecule has 1 aromatic rings. The van der Waals surface area contributed by atoms with Crippen molar-refractivity contribution in [1.29, 1.82) is 0 Å². The van der Waals surface area contributed by atoms with E-state index in [1.807, 2.05) is 13.0 Å². The Morgan fingerprint density at radius 2 is 2.21 bits per heavy atom. The van der Waals surface area contributed by atoms with Crippen LogP contribution in [0.2, 0.25) is 0 Å². The van der Waals surface area contributed by atoms with E-state index in [9.17, 15) is 4.39 Å². The Morgan fingerprint density at radius 1 is 1.32 bits per heavy atom. The first-order valence-corrected chi connectivity index (χ1v) is 9.79. The predicted octanol–water partition coefficient (Wildman–Crippen LogP) is 3.19. The average molecular weight is 383 g/mol. The van der Waals surface area contributed by atoms with Gasteiger partial charge in [-0.15, -0.1) is 0 Å². The van der Waals surface area contributed by atoms with Crippen LogP contribution < -0.4 is 10.1 Å². The summed E-state index contributed by atoms with van der Waals surface area (Å²) in [6.45, 7) is 8.97. The zero-order valence-electron chi connectivity index (χ0n) is 16.2. The van der Waals surface area contributed by atoms with Crippen molar-refractivity contribution in [2.24, 2.45) is 10.1 Å². The lowest BCUT2D eigenvalue weighted by molar-refractivity contribution is 0.143. The van der Waals surface area contributed by atoms with Crippen LogP contribution in [0.15, 0.2) is 46.4 Å². The van der Waals surface area contributed by atoms with Crippen molar-refractivity contribution in [3.05, 3.63) is 47.7 Å². The van der Waals surface area contributed by atoms with Crippen molar-refractivity contribution in [1.82, 2.24) is 15.2 Å². The van der Waals surface area contributed by atoms with Crippen LogP contribution in [0.4, 0.5) is 4.39 Å². The molecule has 3 heterocycles. The molecule has 7 heteroatoms. The van der Waals surface area contributed by atoms with E-state index in [4.69, 9.17) is 4.74 Å². The van der Waals surface area contributed by atoms with Crippen LogP contribution in [-0.4, -0.2) is 54.7 Å². The maximum atomic E-state index is 14.7. The number of fused-ring (bicyclic) bond motifs is 6. The van der Waals surface area contributed by atoms with Gasteiger partial charge in [-0.2, -0.15) is 5.10 Å². The molecule has 0 spiro atoms. The average Bonchev–Trinajstić information content (AvgIpc) is 2.93. The summed E-state index contributed by atoms with van der Waals surface area (Å²) in [6.07, 6.45) is 7.06. The minimum Gasteiger partial charge on any atom is -0.489 e. The van der Waals surface area contributed by atoms with Crippen molar-refractivity contribution < 1.29 is 9.13 Å². The van der Waals surface area contributed by atoms with Crippen LogP contribution >= 0.6 is 0 Å². The molecular weight excluding hydrogens is 357 g/mol. The largest absolute Gasteiger partial charge is 0.489 e. The molecule has 0 aromatic heterocycles. The molecule has 1 N–H and O–H groups in total. The maximum absolute atomic E-state index is 14.7. The number of rotatable bonds is 1. The minimum absolute atomic E-state index is 0.105.